The number of esters is 1. The van der Waals surface area contributed by atoms with Gasteiger partial charge >= 0.3 is 5.97 Å². The fraction of sp³-hybridized carbons (Fsp3) is 0.333. The van der Waals surface area contributed by atoms with E-state index in [1.807, 2.05) is 32.9 Å². The predicted octanol–water partition coefficient (Wildman–Crippen LogP) is 5.63. The Balaban J connectivity index is 2.60. The number of benzene rings is 2. The summed E-state index contributed by atoms with van der Waals surface area (Å²) in [5, 5.41) is 0.0314. The van der Waals surface area contributed by atoms with E-state index in [2.05, 4.69) is 46.9 Å². The molecule has 0 saturated carbocycles. The molecule has 0 saturated heterocycles. The number of hydrogen-bond acceptors (Lipinski definition) is 4. The zero-order valence-electron chi connectivity index (χ0n) is 15.5. The van der Waals surface area contributed by atoms with Crippen molar-refractivity contribution in [1.82, 2.24) is 0 Å². The Kier molecular flexibility index (Phi) is 7.70. The normalized spacial score (nSPS) is 11.9. The van der Waals surface area contributed by atoms with E-state index in [0.29, 0.717) is 6.61 Å². The van der Waals surface area contributed by atoms with Crippen molar-refractivity contribution in [1.29, 1.82) is 0 Å². The maximum atomic E-state index is 12.3. The first-order valence-electron chi connectivity index (χ1n) is 8.52. The van der Waals surface area contributed by atoms with Gasteiger partial charge in [-0.15, -0.1) is 0 Å². The lowest BCUT2D eigenvalue weighted by molar-refractivity contribution is -0.143. The van der Waals surface area contributed by atoms with E-state index in [1.165, 1.54) is 11.8 Å². The first-order valence-corrected chi connectivity index (χ1v) is 10.4. The molecule has 0 N–H and O–H groups in total. The van der Waals surface area contributed by atoms with Gasteiger partial charge in [-0.3, -0.25) is 9.59 Å². The minimum absolute atomic E-state index is 0.0314. The molecule has 0 heterocycles. The molecule has 0 fully saturated rings. The van der Waals surface area contributed by atoms with Gasteiger partial charge in [0, 0.05) is 21.3 Å². The molecule has 0 aliphatic heterocycles. The molecule has 26 heavy (non-hydrogen) atoms. The molecule has 2 rings (SSSR count). The fourth-order valence-corrected chi connectivity index (χ4v) is 4.37. The Hall–Kier alpha value is -1.34. The van der Waals surface area contributed by atoms with Crippen molar-refractivity contribution >= 4 is 45.4 Å². The number of aryl methyl sites for hydroxylation is 2. The van der Waals surface area contributed by atoms with Crippen LogP contribution in [0.15, 0.2) is 41.3 Å². The second-order valence-electron chi connectivity index (χ2n) is 6.22. The molecule has 0 amide bonds. The van der Waals surface area contributed by atoms with Gasteiger partial charge in [-0.2, -0.15) is 0 Å². The third-order valence-electron chi connectivity index (χ3n) is 4.00. The summed E-state index contributed by atoms with van der Waals surface area (Å²) in [5.74, 6) is -0.377. The average molecular weight is 482 g/mol. The van der Waals surface area contributed by atoms with Gasteiger partial charge in [0.2, 0.25) is 0 Å². The Morgan fingerprint density at radius 1 is 1.08 bits per heavy atom. The van der Waals surface area contributed by atoms with E-state index in [-0.39, 0.29) is 23.4 Å². The van der Waals surface area contributed by atoms with Crippen LogP contribution in [0.4, 0.5) is 0 Å². The minimum Gasteiger partial charge on any atom is -0.466 e. The van der Waals surface area contributed by atoms with Crippen LogP contribution in [0, 0.1) is 17.4 Å². The molecule has 0 aliphatic rings. The summed E-state index contributed by atoms with van der Waals surface area (Å²) in [6.07, 6.45) is 0.252. The van der Waals surface area contributed by atoms with Crippen molar-refractivity contribution < 1.29 is 14.3 Å². The zero-order chi connectivity index (χ0) is 19.3. The van der Waals surface area contributed by atoms with Crippen LogP contribution >= 0.6 is 34.4 Å². The van der Waals surface area contributed by atoms with E-state index in [9.17, 15) is 9.59 Å². The number of ether oxygens (including phenoxy) is 1. The summed E-state index contributed by atoms with van der Waals surface area (Å²) >= 11 is 3.52. The molecular weight excluding hydrogens is 459 g/mol. The Labute approximate surface area is 173 Å². The van der Waals surface area contributed by atoms with Gasteiger partial charge in [0.15, 0.2) is 5.12 Å². The minimum atomic E-state index is -0.227. The first kappa shape index (κ1) is 21.0. The van der Waals surface area contributed by atoms with Gasteiger partial charge < -0.3 is 4.74 Å². The summed E-state index contributed by atoms with van der Waals surface area (Å²) in [5.41, 5.74) is 4.34. The van der Waals surface area contributed by atoms with Gasteiger partial charge in [0.1, 0.15) is 0 Å². The lowest BCUT2D eigenvalue weighted by Crippen LogP contribution is -2.14. The second-order valence-corrected chi connectivity index (χ2v) is 8.60. The summed E-state index contributed by atoms with van der Waals surface area (Å²) in [6, 6.07) is 12.3. The molecule has 3 nitrogen and oxygen atoms in total. The van der Waals surface area contributed by atoms with Crippen LogP contribution in [0.5, 0.6) is 0 Å². The van der Waals surface area contributed by atoms with E-state index >= 15 is 0 Å². The molecule has 2 aromatic carbocycles. The lowest BCUT2D eigenvalue weighted by Gasteiger charge is -2.22. The first-order chi connectivity index (χ1) is 12.3. The summed E-state index contributed by atoms with van der Waals surface area (Å²) in [6.45, 7) is 7.80. The Morgan fingerprint density at radius 2 is 1.69 bits per heavy atom. The van der Waals surface area contributed by atoms with Crippen LogP contribution in [0.25, 0.3) is 0 Å². The van der Waals surface area contributed by atoms with Crippen LogP contribution in [0.3, 0.4) is 0 Å². The fourth-order valence-electron chi connectivity index (χ4n) is 2.89. The van der Waals surface area contributed by atoms with Crippen molar-refractivity contribution in [2.75, 3.05) is 6.61 Å². The van der Waals surface area contributed by atoms with E-state index in [0.717, 1.165) is 30.7 Å². The molecule has 138 valence electrons. The molecule has 5 heteroatoms. The highest BCUT2D eigenvalue weighted by molar-refractivity contribution is 14.1. The van der Waals surface area contributed by atoms with Crippen LogP contribution in [-0.4, -0.2) is 17.7 Å². The van der Waals surface area contributed by atoms with E-state index in [4.69, 9.17) is 4.74 Å². The molecule has 0 radical (unpaired) electrons. The van der Waals surface area contributed by atoms with Gasteiger partial charge in [-0.25, -0.2) is 0 Å². The highest BCUT2D eigenvalue weighted by Gasteiger charge is 2.24. The third kappa shape index (κ3) is 5.58. The SMILES string of the molecule is CCOC(=O)C[C@H](c1cc(C)ccc1I)c1cc(C)ccc1SC(C)=O. The molecule has 0 bridgehead atoms. The molecule has 0 spiro atoms. The van der Waals surface area contributed by atoms with Crippen LogP contribution in [0.2, 0.25) is 0 Å². The monoisotopic (exact) mass is 482 g/mol. The summed E-state index contributed by atoms with van der Waals surface area (Å²) in [4.78, 5) is 24.9. The van der Waals surface area contributed by atoms with Crippen molar-refractivity contribution in [2.45, 2.75) is 44.9 Å². The van der Waals surface area contributed by atoms with Crippen molar-refractivity contribution in [3.8, 4) is 0 Å². The summed E-state index contributed by atoms with van der Waals surface area (Å²) < 4.78 is 6.32. The number of carbonyl (C=O) groups excluding carboxylic acids is 2. The van der Waals surface area contributed by atoms with E-state index < -0.39 is 0 Å². The zero-order valence-corrected chi connectivity index (χ0v) is 18.4. The smallest absolute Gasteiger partial charge is 0.306 e. The van der Waals surface area contributed by atoms with Gasteiger partial charge in [0.05, 0.1) is 13.0 Å². The predicted molar refractivity (Wildman–Crippen MR) is 115 cm³/mol. The van der Waals surface area contributed by atoms with Gasteiger partial charge in [0.25, 0.3) is 0 Å². The van der Waals surface area contributed by atoms with Crippen molar-refractivity contribution in [3.63, 3.8) is 0 Å². The Bertz CT molecular complexity index is 817. The topological polar surface area (TPSA) is 43.4 Å². The number of carbonyl (C=O) groups is 2. The summed E-state index contributed by atoms with van der Waals surface area (Å²) in [7, 11) is 0. The number of rotatable bonds is 6. The number of thioether (sulfide) groups is 1. The maximum absolute atomic E-state index is 12.3. The molecular formula is C21H23IO3S. The third-order valence-corrected chi connectivity index (χ3v) is 5.86. The average Bonchev–Trinajstić information content (AvgIpc) is 2.57. The molecule has 1 atom stereocenters. The highest BCUT2D eigenvalue weighted by atomic mass is 127. The second kappa shape index (κ2) is 9.55. The highest BCUT2D eigenvalue weighted by Crippen LogP contribution is 2.38. The Morgan fingerprint density at radius 3 is 2.31 bits per heavy atom. The lowest BCUT2D eigenvalue weighted by atomic mass is 9.87. The van der Waals surface area contributed by atoms with Gasteiger partial charge in [-0.1, -0.05) is 47.2 Å². The van der Waals surface area contributed by atoms with Crippen LogP contribution in [-0.2, 0) is 14.3 Å². The van der Waals surface area contributed by atoms with Gasteiger partial charge in [-0.05, 0) is 66.6 Å². The molecule has 0 unspecified atom stereocenters. The van der Waals surface area contributed by atoms with E-state index in [1.54, 1.807) is 6.92 Å². The molecule has 0 aliphatic carbocycles. The quantitative estimate of drug-likeness (QED) is 0.304. The number of hydrogen-bond donors (Lipinski definition) is 0. The van der Waals surface area contributed by atoms with Crippen molar-refractivity contribution in [3.05, 3.63) is 62.2 Å². The van der Waals surface area contributed by atoms with Crippen molar-refractivity contribution in [2.24, 2.45) is 0 Å². The number of halogens is 1. The largest absolute Gasteiger partial charge is 0.466 e. The maximum Gasteiger partial charge on any atom is 0.306 e. The molecule has 0 aromatic heterocycles. The van der Waals surface area contributed by atoms with Crippen LogP contribution < -0.4 is 0 Å². The van der Waals surface area contributed by atoms with Crippen LogP contribution in [0.1, 0.15) is 48.4 Å². The standard InChI is InChI=1S/C21H23IO3S/c1-5-25-21(24)12-16(17-10-13(2)6-8-19(17)22)18-11-14(3)7-9-20(18)26-15(4)23/h6-11,16H,5,12H2,1-4H3/t16-/m1/s1. The molecule has 2 aromatic rings.